The van der Waals surface area contributed by atoms with Gasteiger partial charge in [-0.2, -0.15) is 0 Å². The Kier molecular flexibility index (Phi) is 4.19. The van der Waals surface area contributed by atoms with Gasteiger partial charge in [-0.15, -0.1) is 0 Å². The first-order valence-corrected chi connectivity index (χ1v) is 7.30. The van der Waals surface area contributed by atoms with E-state index in [0.717, 1.165) is 31.0 Å². The van der Waals surface area contributed by atoms with E-state index in [0.29, 0.717) is 5.92 Å². The molecule has 0 unspecified atom stereocenters. The predicted molar refractivity (Wildman–Crippen MR) is 79.5 cm³/mol. The highest BCUT2D eigenvalue weighted by Crippen LogP contribution is 2.30. The lowest BCUT2D eigenvalue weighted by Gasteiger charge is -2.36. The first kappa shape index (κ1) is 14.4. The summed E-state index contributed by atoms with van der Waals surface area (Å²) < 4.78 is 0. The van der Waals surface area contributed by atoms with Gasteiger partial charge in [0.1, 0.15) is 0 Å². The molecule has 2 nitrogen and oxygen atoms in total. The third-order valence-corrected chi connectivity index (χ3v) is 3.94. The lowest BCUT2D eigenvalue weighted by Crippen LogP contribution is -2.44. The summed E-state index contributed by atoms with van der Waals surface area (Å²) in [6, 6.07) is 8.03. The highest BCUT2D eigenvalue weighted by molar-refractivity contribution is 6.30. The van der Waals surface area contributed by atoms with Crippen LogP contribution in [0, 0.1) is 5.41 Å². The third kappa shape index (κ3) is 3.50. The van der Waals surface area contributed by atoms with E-state index in [1.165, 1.54) is 5.56 Å². The molecule has 2 rings (SSSR count). The van der Waals surface area contributed by atoms with Gasteiger partial charge < -0.3 is 4.90 Å². The molecule has 104 valence electrons. The van der Waals surface area contributed by atoms with Crippen LogP contribution in [0.15, 0.2) is 24.3 Å². The summed E-state index contributed by atoms with van der Waals surface area (Å²) in [5.41, 5.74) is 0.998. The van der Waals surface area contributed by atoms with Crippen LogP contribution in [0.1, 0.15) is 45.1 Å². The minimum atomic E-state index is -0.290. The van der Waals surface area contributed by atoms with Gasteiger partial charge >= 0.3 is 0 Å². The number of rotatable bonds is 1. The molecule has 19 heavy (non-hydrogen) atoms. The molecule has 1 aromatic rings. The Morgan fingerprint density at radius 2 is 1.89 bits per heavy atom. The van der Waals surface area contributed by atoms with Crippen molar-refractivity contribution in [1.82, 2.24) is 4.90 Å². The molecule has 1 heterocycles. The van der Waals surface area contributed by atoms with Crippen LogP contribution in [0.4, 0.5) is 0 Å². The maximum Gasteiger partial charge on any atom is 0.227 e. The molecule has 1 aliphatic heterocycles. The molecule has 1 amide bonds. The van der Waals surface area contributed by atoms with E-state index in [1.807, 2.05) is 37.8 Å². The van der Waals surface area contributed by atoms with Gasteiger partial charge in [0, 0.05) is 29.4 Å². The Labute approximate surface area is 120 Å². The first-order chi connectivity index (χ1) is 8.88. The SMILES string of the molecule is CC(C)(C)C(=O)N1CCC[C@@H](c2ccc(Cl)cc2)C1. The van der Waals surface area contributed by atoms with Crippen molar-refractivity contribution in [2.24, 2.45) is 5.41 Å². The molecule has 1 fully saturated rings. The lowest BCUT2D eigenvalue weighted by atomic mass is 9.88. The number of piperidine rings is 1. The van der Waals surface area contributed by atoms with Gasteiger partial charge in [0.2, 0.25) is 5.91 Å². The second kappa shape index (κ2) is 5.54. The molecule has 1 aromatic carbocycles. The number of nitrogens with zero attached hydrogens (tertiary/aromatic N) is 1. The molecule has 1 aliphatic rings. The standard InChI is InChI=1S/C16H22ClNO/c1-16(2,3)15(19)18-10-4-5-13(11-18)12-6-8-14(17)9-7-12/h6-9,13H,4-5,10-11H2,1-3H3/t13-/m1/s1. The summed E-state index contributed by atoms with van der Waals surface area (Å²) in [5, 5.41) is 0.766. The molecule has 0 saturated carbocycles. The summed E-state index contributed by atoms with van der Waals surface area (Å²) in [6.07, 6.45) is 2.23. The van der Waals surface area contributed by atoms with E-state index in [-0.39, 0.29) is 11.3 Å². The zero-order chi connectivity index (χ0) is 14.0. The largest absolute Gasteiger partial charge is 0.342 e. The third-order valence-electron chi connectivity index (χ3n) is 3.69. The maximum atomic E-state index is 12.4. The molecule has 0 spiro atoms. The number of benzene rings is 1. The van der Waals surface area contributed by atoms with E-state index in [9.17, 15) is 4.79 Å². The summed E-state index contributed by atoms with van der Waals surface area (Å²) in [5.74, 6) is 0.698. The van der Waals surface area contributed by atoms with Crippen LogP contribution < -0.4 is 0 Å². The average molecular weight is 280 g/mol. The normalized spacial score (nSPS) is 20.4. The minimum absolute atomic E-state index is 0.256. The molecule has 1 atom stereocenters. The van der Waals surface area contributed by atoms with Gasteiger partial charge in [0.15, 0.2) is 0 Å². The second-order valence-corrected chi connectivity index (χ2v) is 6.83. The molecule has 0 bridgehead atoms. The molecular weight excluding hydrogens is 258 g/mol. The van der Waals surface area contributed by atoms with Crippen LogP contribution in [0.2, 0.25) is 5.02 Å². The lowest BCUT2D eigenvalue weighted by molar-refractivity contribution is -0.140. The van der Waals surface area contributed by atoms with Crippen LogP contribution in [0.5, 0.6) is 0 Å². The molecule has 0 aromatic heterocycles. The second-order valence-electron chi connectivity index (χ2n) is 6.39. The number of halogens is 1. The summed E-state index contributed by atoms with van der Waals surface area (Å²) in [7, 11) is 0. The topological polar surface area (TPSA) is 20.3 Å². The van der Waals surface area contributed by atoms with Crippen molar-refractivity contribution in [3.63, 3.8) is 0 Å². The number of carbonyl (C=O) groups excluding carboxylic acids is 1. The molecule has 1 saturated heterocycles. The van der Waals surface area contributed by atoms with Crippen LogP contribution in [-0.2, 0) is 4.79 Å². The van der Waals surface area contributed by atoms with Gasteiger partial charge in [-0.25, -0.2) is 0 Å². The van der Waals surface area contributed by atoms with Crippen molar-refractivity contribution in [1.29, 1.82) is 0 Å². The number of hydrogen-bond acceptors (Lipinski definition) is 1. The minimum Gasteiger partial charge on any atom is -0.342 e. The van der Waals surface area contributed by atoms with E-state index in [2.05, 4.69) is 12.1 Å². The van der Waals surface area contributed by atoms with Crippen molar-refractivity contribution in [3.8, 4) is 0 Å². The fourth-order valence-electron chi connectivity index (χ4n) is 2.64. The van der Waals surface area contributed by atoms with Gasteiger partial charge in [0.25, 0.3) is 0 Å². The van der Waals surface area contributed by atoms with Gasteiger partial charge in [-0.05, 0) is 30.5 Å². The molecule has 3 heteroatoms. The maximum absolute atomic E-state index is 12.4. The Morgan fingerprint density at radius 3 is 2.47 bits per heavy atom. The highest BCUT2D eigenvalue weighted by Gasteiger charge is 2.31. The van der Waals surface area contributed by atoms with Crippen LogP contribution >= 0.6 is 11.6 Å². The fourth-order valence-corrected chi connectivity index (χ4v) is 2.77. The smallest absolute Gasteiger partial charge is 0.227 e. The highest BCUT2D eigenvalue weighted by atomic mass is 35.5. The van der Waals surface area contributed by atoms with Gasteiger partial charge in [0.05, 0.1) is 0 Å². The van der Waals surface area contributed by atoms with Crippen LogP contribution in [-0.4, -0.2) is 23.9 Å². The van der Waals surface area contributed by atoms with E-state index < -0.39 is 0 Å². The predicted octanol–water partition coefficient (Wildman–Crippen LogP) is 4.09. The van der Waals surface area contributed by atoms with Crippen molar-refractivity contribution in [2.75, 3.05) is 13.1 Å². The van der Waals surface area contributed by atoms with E-state index in [4.69, 9.17) is 11.6 Å². The number of hydrogen-bond donors (Lipinski definition) is 0. The Morgan fingerprint density at radius 1 is 1.26 bits per heavy atom. The van der Waals surface area contributed by atoms with Crippen LogP contribution in [0.25, 0.3) is 0 Å². The molecular formula is C16H22ClNO. The zero-order valence-electron chi connectivity index (χ0n) is 11.9. The Balaban J connectivity index is 2.09. The van der Waals surface area contributed by atoms with Crippen molar-refractivity contribution < 1.29 is 4.79 Å². The molecule has 0 N–H and O–H groups in total. The monoisotopic (exact) mass is 279 g/mol. The zero-order valence-corrected chi connectivity index (χ0v) is 12.7. The van der Waals surface area contributed by atoms with Gasteiger partial charge in [-0.1, -0.05) is 44.5 Å². The summed E-state index contributed by atoms with van der Waals surface area (Å²) in [4.78, 5) is 14.4. The first-order valence-electron chi connectivity index (χ1n) is 6.93. The number of amides is 1. The van der Waals surface area contributed by atoms with Crippen LogP contribution in [0.3, 0.4) is 0 Å². The number of likely N-dealkylation sites (tertiary alicyclic amines) is 1. The Hall–Kier alpha value is -1.02. The number of carbonyl (C=O) groups is 1. The van der Waals surface area contributed by atoms with Crippen molar-refractivity contribution in [2.45, 2.75) is 39.5 Å². The average Bonchev–Trinajstić information content (AvgIpc) is 2.38. The van der Waals surface area contributed by atoms with Crippen molar-refractivity contribution >= 4 is 17.5 Å². The molecule has 0 radical (unpaired) electrons. The molecule has 0 aliphatic carbocycles. The Bertz CT molecular complexity index is 447. The quantitative estimate of drug-likeness (QED) is 0.758. The summed E-state index contributed by atoms with van der Waals surface area (Å²) in [6.45, 7) is 7.68. The van der Waals surface area contributed by atoms with E-state index >= 15 is 0 Å². The summed E-state index contributed by atoms with van der Waals surface area (Å²) >= 11 is 5.93. The fraction of sp³-hybridized carbons (Fsp3) is 0.562. The van der Waals surface area contributed by atoms with Gasteiger partial charge in [-0.3, -0.25) is 4.79 Å². The van der Waals surface area contributed by atoms with Crippen molar-refractivity contribution in [3.05, 3.63) is 34.9 Å². The van der Waals surface area contributed by atoms with E-state index in [1.54, 1.807) is 0 Å².